The molecule has 2 amide bonds. The van der Waals surface area contributed by atoms with Gasteiger partial charge in [-0.2, -0.15) is 0 Å². The van der Waals surface area contributed by atoms with Crippen molar-refractivity contribution in [2.24, 2.45) is 0 Å². The van der Waals surface area contributed by atoms with Gasteiger partial charge >= 0.3 is 0 Å². The van der Waals surface area contributed by atoms with Gasteiger partial charge in [0.2, 0.25) is 11.8 Å². The number of nitrogens with zero attached hydrogens (tertiary/aromatic N) is 2. The van der Waals surface area contributed by atoms with Crippen LogP contribution in [0.2, 0.25) is 5.02 Å². The molecule has 4 aromatic rings. The van der Waals surface area contributed by atoms with E-state index in [0.29, 0.717) is 5.02 Å². The summed E-state index contributed by atoms with van der Waals surface area (Å²) in [7, 11) is -4.15. The zero-order chi connectivity index (χ0) is 30.8. The minimum Gasteiger partial charge on any atom is -0.352 e. The summed E-state index contributed by atoms with van der Waals surface area (Å²) in [5.41, 5.74) is 1.98. The van der Waals surface area contributed by atoms with Gasteiger partial charge < -0.3 is 10.2 Å². The van der Waals surface area contributed by atoms with E-state index in [-0.39, 0.29) is 35.5 Å². The predicted octanol–water partition coefficient (Wildman–Crippen LogP) is 6.09. The molecule has 4 rings (SSSR count). The van der Waals surface area contributed by atoms with Crippen molar-refractivity contribution in [2.75, 3.05) is 10.8 Å². The fourth-order valence-electron chi connectivity index (χ4n) is 4.63. The third-order valence-electron chi connectivity index (χ3n) is 7.19. The van der Waals surface area contributed by atoms with E-state index in [1.807, 2.05) is 74.5 Å². The summed E-state index contributed by atoms with van der Waals surface area (Å²) in [6.45, 7) is 3.48. The van der Waals surface area contributed by atoms with Gasteiger partial charge in [0, 0.05) is 24.0 Å². The van der Waals surface area contributed by atoms with Gasteiger partial charge in [-0.25, -0.2) is 8.42 Å². The number of sulfonamides is 1. The zero-order valence-corrected chi connectivity index (χ0v) is 25.8. The predicted molar refractivity (Wildman–Crippen MR) is 171 cm³/mol. The number of nitrogens with one attached hydrogen (secondary N) is 1. The van der Waals surface area contributed by atoms with Gasteiger partial charge in [-0.05, 0) is 60.9 Å². The van der Waals surface area contributed by atoms with Crippen LogP contribution in [0.25, 0.3) is 0 Å². The van der Waals surface area contributed by atoms with Crippen LogP contribution >= 0.6 is 11.6 Å². The van der Waals surface area contributed by atoms with Crippen molar-refractivity contribution in [3.05, 3.63) is 131 Å². The monoisotopic (exact) mass is 617 g/mol. The Labute approximate surface area is 259 Å². The first-order valence-corrected chi connectivity index (χ1v) is 16.0. The van der Waals surface area contributed by atoms with E-state index >= 15 is 0 Å². The van der Waals surface area contributed by atoms with Crippen molar-refractivity contribution in [1.29, 1.82) is 0 Å². The summed E-state index contributed by atoms with van der Waals surface area (Å²) in [5.74, 6) is -0.815. The second-order valence-electron chi connectivity index (χ2n) is 10.3. The first kappa shape index (κ1) is 31.8. The lowest BCUT2D eigenvalue weighted by molar-refractivity contribution is -0.140. The van der Waals surface area contributed by atoms with E-state index in [1.54, 1.807) is 42.5 Å². The molecule has 0 fully saturated rings. The van der Waals surface area contributed by atoms with Gasteiger partial charge in [-0.3, -0.25) is 13.9 Å². The molecule has 0 radical (unpaired) electrons. The second kappa shape index (κ2) is 14.8. The highest BCUT2D eigenvalue weighted by Crippen LogP contribution is 2.26. The molecular weight excluding hydrogens is 582 g/mol. The van der Waals surface area contributed by atoms with Crippen LogP contribution in [0.5, 0.6) is 0 Å². The van der Waals surface area contributed by atoms with Crippen molar-refractivity contribution >= 4 is 39.1 Å². The van der Waals surface area contributed by atoms with Crippen molar-refractivity contribution in [1.82, 2.24) is 10.2 Å². The molecule has 7 nitrogen and oxygen atoms in total. The van der Waals surface area contributed by atoms with Crippen molar-refractivity contribution < 1.29 is 18.0 Å². The molecule has 2 atom stereocenters. The number of halogens is 1. The highest BCUT2D eigenvalue weighted by Gasteiger charge is 2.34. The fourth-order valence-corrected chi connectivity index (χ4v) is 6.19. The minimum absolute atomic E-state index is 0.0442. The lowest BCUT2D eigenvalue weighted by Crippen LogP contribution is -2.54. The fraction of sp³-hybridized carbons (Fsp3) is 0.235. The van der Waals surface area contributed by atoms with Gasteiger partial charge in [-0.1, -0.05) is 97.4 Å². The SMILES string of the molecule is CC[C@H](C)NC(=O)[C@H](Cc1ccccc1)N(Cc1ccccc1)C(=O)CN(c1ccc(Cl)cc1)S(=O)(=O)c1ccccc1. The Hall–Kier alpha value is -4.14. The molecular formula is C34H36ClN3O4S. The smallest absolute Gasteiger partial charge is 0.264 e. The molecule has 224 valence electrons. The number of carbonyl (C=O) groups is 2. The highest BCUT2D eigenvalue weighted by molar-refractivity contribution is 7.92. The standard InChI is InChI=1S/C34H36ClN3O4S/c1-3-26(2)36-34(40)32(23-27-13-7-4-8-14-27)37(24-28-15-9-5-10-16-28)33(39)25-38(30-21-19-29(35)20-22-30)43(41,42)31-17-11-6-12-18-31/h4-22,26,32H,3,23-25H2,1-2H3,(H,36,40)/t26-,32-/m0/s1. The van der Waals surface area contributed by atoms with Crippen molar-refractivity contribution in [2.45, 2.75) is 50.2 Å². The number of hydrogen-bond acceptors (Lipinski definition) is 4. The average Bonchev–Trinajstić information content (AvgIpc) is 3.03. The van der Waals surface area contributed by atoms with Gasteiger partial charge in [0.05, 0.1) is 10.6 Å². The highest BCUT2D eigenvalue weighted by atomic mass is 35.5. The molecule has 9 heteroatoms. The summed E-state index contributed by atoms with van der Waals surface area (Å²) >= 11 is 6.11. The molecule has 0 saturated carbocycles. The Bertz CT molecular complexity index is 1590. The number of carbonyl (C=O) groups excluding carboxylic acids is 2. The van der Waals surface area contributed by atoms with Gasteiger partial charge in [0.15, 0.2) is 0 Å². The van der Waals surface area contributed by atoms with E-state index in [2.05, 4.69) is 5.32 Å². The summed E-state index contributed by atoms with van der Waals surface area (Å²) < 4.78 is 29.0. The molecule has 0 unspecified atom stereocenters. The third-order valence-corrected chi connectivity index (χ3v) is 9.23. The Morgan fingerprint density at radius 3 is 1.88 bits per heavy atom. The first-order valence-electron chi connectivity index (χ1n) is 14.2. The first-order chi connectivity index (χ1) is 20.7. The van der Waals surface area contributed by atoms with Crippen LogP contribution in [0.15, 0.2) is 120 Å². The number of rotatable bonds is 13. The van der Waals surface area contributed by atoms with Crippen LogP contribution < -0.4 is 9.62 Å². The Morgan fingerprint density at radius 2 is 1.33 bits per heavy atom. The van der Waals surface area contributed by atoms with Crippen LogP contribution in [0.4, 0.5) is 5.69 Å². The normalized spacial score (nSPS) is 12.6. The molecule has 0 spiro atoms. The van der Waals surface area contributed by atoms with Crippen LogP contribution in [0, 0.1) is 0 Å². The Morgan fingerprint density at radius 1 is 0.791 bits per heavy atom. The number of amides is 2. The maximum absolute atomic E-state index is 14.4. The number of anilines is 1. The average molecular weight is 618 g/mol. The molecule has 4 aromatic carbocycles. The third kappa shape index (κ3) is 8.46. The lowest BCUT2D eigenvalue weighted by Gasteiger charge is -2.34. The Balaban J connectivity index is 1.78. The quantitative estimate of drug-likeness (QED) is 0.197. The minimum atomic E-state index is -4.15. The molecule has 1 N–H and O–H groups in total. The molecule has 0 heterocycles. The van der Waals surface area contributed by atoms with Crippen LogP contribution in [0.1, 0.15) is 31.4 Å². The summed E-state index contributed by atoms with van der Waals surface area (Å²) in [6, 6.07) is 32.1. The van der Waals surface area contributed by atoms with E-state index in [0.717, 1.165) is 21.9 Å². The van der Waals surface area contributed by atoms with E-state index in [1.165, 1.54) is 17.0 Å². The molecule has 0 aliphatic heterocycles. The van der Waals surface area contributed by atoms with Gasteiger partial charge in [-0.15, -0.1) is 0 Å². The molecule has 43 heavy (non-hydrogen) atoms. The van der Waals surface area contributed by atoms with Gasteiger partial charge in [0.1, 0.15) is 12.6 Å². The zero-order valence-electron chi connectivity index (χ0n) is 24.3. The maximum atomic E-state index is 14.4. The Kier molecular flexibility index (Phi) is 11.0. The van der Waals surface area contributed by atoms with Crippen molar-refractivity contribution in [3.63, 3.8) is 0 Å². The second-order valence-corrected chi connectivity index (χ2v) is 12.6. The van der Waals surface area contributed by atoms with E-state index in [4.69, 9.17) is 11.6 Å². The van der Waals surface area contributed by atoms with Crippen LogP contribution in [-0.2, 0) is 32.6 Å². The van der Waals surface area contributed by atoms with Crippen LogP contribution in [-0.4, -0.2) is 43.8 Å². The molecule has 0 aromatic heterocycles. The lowest BCUT2D eigenvalue weighted by atomic mass is 10.0. The maximum Gasteiger partial charge on any atom is 0.264 e. The number of benzene rings is 4. The molecule has 0 saturated heterocycles. The van der Waals surface area contributed by atoms with Gasteiger partial charge in [0.25, 0.3) is 10.0 Å². The molecule has 0 aliphatic rings. The largest absolute Gasteiger partial charge is 0.352 e. The topological polar surface area (TPSA) is 86.8 Å². The van der Waals surface area contributed by atoms with Crippen molar-refractivity contribution in [3.8, 4) is 0 Å². The summed E-state index contributed by atoms with van der Waals surface area (Å²) in [4.78, 5) is 29.7. The summed E-state index contributed by atoms with van der Waals surface area (Å²) in [5, 5.41) is 3.47. The van der Waals surface area contributed by atoms with Crippen LogP contribution in [0.3, 0.4) is 0 Å². The number of hydrogen-bond donors (Lipinski definition) is 1. The molecule has 0 aliphatic carbocycles. The van der Waals surface area contributed by atoms with E-state index in [9.17, 15) is 18.0 Å². The summed E-state index contributed by atoms with van der Waals surface area (Å²) in [6.07, 6.45) is 0.976. The molecule has 0 bridgehead atoms. The van der Waals surface area contributed by atoms with E-state index < -0.39 is 28.5 Å².